The van der Waals surface area contributed by atoms with E-state index in [9.17, 15) is 77.6 Å². The number of fused-ring (bicyclic) bond motifs is 4. The van der Waals surface area contributed by atoms with Crippen LogP contribution in [0.3, 0.4) is 0 Å². The molecule has 9 aromatic heterocycles. The molecule has 0 saturated carbocycles. The van der Waals surface area contributed by atoms with E-state index in [0.29, 0.717) is 112 Å². The molecule has 23 nitrogen and oxygen atoms in total. The lowest BCUT2D eigenvalue weighted by Gasteiger charge is -2.08. The van der Waals surface area contributed by atoms with Crippen molar-refractivity contribution in [2.75, 3.05) is 35.4 Å². The Hall–Kier alpha value is -14.4. The highest BCUT2D eigenvalue weighted by atomic mass is 35.5. The van der Waals surface area contributed by atoms with Gasteiger partial charge in [0.1, 0.15) is 29.2 Å². The lowest BCUT2D eigenvalue weighted by molar-refractivity contribution is -0.142. The Kier molecular flexibility index (Phi) is 23.5. The number of furan rings is 2. The van der Waals surface area contributed by atoms with Crippen molar-refractivity contribution in [1.29, 1.82) is 10.5 Å². The summed E-state index contributed by atoms with van der Waals surface area (Å²) in [5.74, 6) is 1.01. The number of nitriles is 2. The molecule has 0 unspecified atom stereocenters. The maximum atomic E-state index is 12.8. The van der Waals surface area contributed by atoms with Crippen LogP contribution in [0.1, 0.15) is 92.7 Å². The Morgan fingerprint density at radius 3 is 1.38 bits per heavy atom. The first-order chi connectivity index (χ1) is 54.9. The second kappa shape index (κ2) is 33.7. The van der Waals surface area contributed by atoms with E-state index in [1.807, 2.05) is 36.4 Å². The van der Waals surface area contributed by atoms with Crippen molar-refractivity contribution in [3.05, 3.63) is 297 Å². The van der Waals surface area contributed by atoms with Crippen LogP contribution in [-0.4, -0.2) is 86.0 Å². The molecule has 6 aromatic carbocycles. The van der Waals surface area contributed by atoms with Crippen molar-refractivity contribution >= 4 is 96.2 Å². The predicted octanol–water partition coefficient (Wildman–Crippen LogP) is 18.3. The molecule has 9 heterocycles. The first kappa shape index (κ1) is 80.2. The molecule has 0 radical (unpaired) electrons. The van der Waals surface area contributed by atoms with Gasteiger partial charge in [-0.15, -0.1) is 0 Å². The molecule has 115 heavy (non-hydrogen) atoms. The van der Waals surface area contributed by atoms with Crippen LogP contribution in [0.5, 0.6) is 5.75 Å². The number of alkyl halides is 12. The van der Waals surface area contributed by atoms with E-state index in [4.69, 9.17) is 25.2 Å². The second-order valence-electron chi connectivity index (χ2n) is 24.9. The smallest absolute Gasteiger partial charge is 0.433 e. The van der Waals surface area contributed by atoms with E-state index >= 15 is 0 Å². The van der Waals surface area contributed by atoms with Gasteiger partial charge >= 0.3 is 24.7 Å². The predicted molar refractivity (Wildman–Crippen MR) is 397 cm³/mol. The summed E-state index contributed by atoms with van der Waals surface area (Å²) in [6.07, 6.45) is -8.32. The number of para-hydroxylation sites is 2. The summed E-state index contributed by atoms with van der Waals surface area (Å²) in [6.45, 7) is 2.46. The van der Waals surface area contributed by atoms with Crippen molar-refractivity contribution < 1.29 is 80.6 Å². The Morgan fingerprint density at radius 1 is 0.478 bits per heavy atom. The van der Waals surface area contributed by atoms with Crippen LogP contribution in [0, 0.1) is 29.6 Å². The molecule has 0 saturated heterocycles. The van der Waals surface area contributed by atoms with Crippen LogP contribution >= 0.6 is 11.6 Å². The van der Waals surface area contributed by atoms with Gasteiger partial charge in [0.2, 0.25) is 0 Å². The van der Waals surface area contributed by atoms with Gasteiger partial charge < -0.3 is 34.8 Å². The van der Waals surface area contributed by atoms with Crippen LogP contribution < -0.4 is 26.0 Å². The van der Waals surface area contributed by atoms with Gasteiger partial charge in [-0.2, -0.15) is 83.6 Å². The minimum absolute atomic E-state index is 0.119. The zero-order valence-electron chi connectivity index (χ0n) is 59.7. The quantitative estimate of drug-likeness (QED) is 0.0654. The van der Waals surface area contributed by atoms with Crippen LogP contribution in [0.25, 0.3) is 43.6 Å². The van der Waals surface area contributed by atoms with Crippen molar-refractivity contribution in [3.63, 3.8) is 0 Å². The average Bonchev–Trinajstić information content (AvgIpc) is 1.66. The summed E-state index contributed by atoms with van der Waals surface area (Å²) < 4.78 is 174. The number of hydrogen-bond acceptors (Lipinski definition) is 16. The first-order valence-electron chi connectivity index (χ1n) is 33.8. The molecule has 15 rings (SSSR count). The molecule has 4 N–H and O–H groups in total. The third kappa shape index (κ3) is 18.8. The molecule has 0 aliphatic heterocycles. The number of benzene rings is 6. The number of carbonyl (C=O) groups is 3. The van der Waals surface area contributed by atoms with Crippen molar-refractivity contribution in [2.24, 2.45) is 0 Å². The van der Waals surface area contributed by atoms with Gasteiger partial charge in [0.05, 0.1) is 136 Å². The third-order valence-corrected chi connectivity index (χ3v) is 17.6. The molecular formula is C79H56ClF12N17O6. The number of nitrogens with one attached hydrogen (secondary N) is 4. The molecule has 0 fully saturated rings. The Balaban J connectivity index is 0.000000142. The summed E-state index contributed by atoms with van der Waals surface area (Å²) in [7, 11) is 3.21. The normalized spacial score (nSPS) is 11.5. The van der Waals surface area contributed by atoms with Crippen molar-refractivity contribution in [1.82, 2.24) is 54.1 Å². The number of halogens is 13. The molecular weight excluding hydrogens is 1550 g/mol. The number of carbonyl (C=O) groups excluding carboxylic acids is 3. The summed E-state index contributed by atoms with van der Waals surface area (Å²) in [6, 6.07) is 45.3. The molecule has 584 valence electrons. The number of rotatable bonds is 16. The molecule has 0 atom stereocenters. The maximum Gasteiger partial charge on any atom is 0.433 e. The molecule has 0 aliphatic rings. The van der Waals surface area contributed by atoms with Gasteiger partial charge in [0.25, 0.3) is 17.7 Å². The third-order valence-electron chi connectivity index (χ3n) is 17.3. The molecule has 36 heteroatoms. The SMILES string of the molecule is CNc1nn(Cc2ccc(C(F)(F)F)cc2)c2cncc(Cl)c12.COc1ccccc1C(=O)Nc1nn(Cc2ccc(C(F)(F)F)cc2)c2ccccc12.Cc1occc1C(=O)Nc1nn(Cc2ccc(C(F)(F)F)nc2)c2ccc(C#N)cc12.N#Cc1ccc2c(c1)c(NC(=O)c1ccoc1)nn2Cc1ccc(C(F)(F)F)nc1. The van der Waals surface area contributed by atoms with Crippen LogP contribution in [0.15, 0.2) is 222 Å². The lowest BCUT2D eigenvalue weighted by atomic mass is 10.1. The van der Waals surface area contributed by atoms with Gasteiger partial charge in [-0.05, 0) is 138 Å². The van der Waals surface area contributed by atoms with E-state index in [0.717, 1.165) is 65.1 Å². The van der Waals surface area contributed by atoms with Gasteiger partial charge in [-0.25, -0.2) is 0 Å². The highest BCUT2D eigenvalue weighted by Gasteiger charge is 2.35. The number of amides is 3. The minimum Gasteiger partial charge on any atom is -0.496 e. The first-order valence-corrected chi connectivity index (χ1v) is 34.2. The number of ether oxygens (including phenoxy) is 1. The van der Waals surface area contributed by atoms with Gasteiger partial charge in [-0.1, -0.05) is 72.3 Å². The van der Waals surface area contributed by atoms with Gasteiger partial charge in [-0.3, -0.25) is 48.1 Å². The van der Waals surface area contributed by atoms with Crippen LogP contribution in [0.4, 0.5) is 76.0 Å². The summed E-state index contributed by atoms with van der Waals surface area (Å²) in [5, 5.41) is 50.2. The average molecular weight is 1600 g/mol. The number of nitrogens with zero attached hydrogens (tertiary/aromatic N) is 13. The number of hydrogen-bond donors (Lipinski definition) is 4. The highest BCUT2D eigenvalue weighted by molar-refractivity contribution is 6.36. The van der Waals surface area contributed by atoms with Gasteiger partial charge in [0.15, 0.2) is 23.3 Å². The summed E-state index contributed by atoms with van der Waals surface area (Å²) in [4.78, 5) is 48.7. The van der Waals surface area contributed by atoms with E-state index in [-0.39, 0.29) is 37.2 Å². The molecule has 15 aromatic rings. The minimum atomic E-state index is -4.52. The van der Waals surface area contributed by atoms with E-state index in [1.54, 1.807) is 90.2 Å². The molecule has 0 aliphatic carbocycles. The maximum absolute atomic E-state index is 12.8. The molecule has 3 amide bonds. The number of pyridine rings is 3. The fraction of sp³-hybridized carbons (Fsp3) is 0.139. The number of aromatic nitrogens is 11. The largest absolute Gasteiger partial charge is 0.496 e. The van der Waals surface area contributed by atoms with Gasteiger partial charge in [0, 0.05) is 41.8 Å². The van der Waals surface area contributed by atoms with Crippen molar-refractivity contribution in [3.8, 4) is 17.9 Å². The van der Waals surface area contributed by atoms with Crippen LogP contribution in [-0.2, 0) is 50.9 Å². The summed E-state index contributed by atoms with van der Waals surface area (Å²) >= 11 is 6.15. The molecule has 0 bridgehead atoms. The topological polar surface area (TPSA) is 292 Å². The number of aryl methyl sites for hydroxylation is 1. The zero-order valence-corrected chi connectivity index (χ0v) is 60.5. The second-order valence-corrected chi connectivity index (χ2v) is 25.4. The fourth-order valence-corrected chi connectivity index (χ4v) is 11.9. The van der Waals surface area contributed by atoms with E-state index in [2.05, 4.69) is 56.6 Å². The Bertz CT molecular complexity index is 6120. The van der Waals surface area contributed by atoms with E-state index in [1.165, 1.54) is 90.0 Å². The summed E-state index contributed by atoms with van der Waals surface area (Å²) in [5.41, 5.74) is 3.39. The molecule has 0 spiro atoms. The Labute approximate surface area is 646 Å². The Morgan fingerprint density at radius 2 is 0.930 bits per heavy atom. The standard InChI is InChI=1S/C23H18F3N3O2.C21H14F3N5O2.C20H12F3N5O2.C15H12ClF3N4/c1-31-20-9-5-3-7-18(20)22(30)27-21-17-6-2-4-8-19(17)29(28-21)14-15-10-12-16(13-11-15)23(24,25)26;1-12-15(6-7-31-12)20(30)27-19-16-8-13(9-25)2-4-17(16)29(28-19)11-14-3-5-18(26-10-14)21(22,23)24;21-20(22,23)17-4-2-13(9-25-17)10-28-16-3-1-12(8-24)7-15(16)18(27-28)26-19(29)14-5-6-30-11-14;1-20-14-13-11(16)6-21-7-12(13)23(22-14)8-9-2-4-10(5-3-9)15(17,18)19/h2-13H,14H2,1H3,(H,27,28,30);2-8,10H,11H2,1H3,(H,27,28,30);1-7,9,11H,10H2,(H,26,27,29);2-7H,8H2,1H3,(H,20,22). The van der Waals surface area contributed by atoms with Crippen LogP contribution in [0.2, 0.25) is 5.02 Å². The highest BCUT2D eigenvalue weighted by Crippen LogP contribution is 2.36. The monoisotopic (exact) mass is 1600 g/mol. The number of anilines is 4. The zero-order chi connectivity index (χ0) is 82.1. The lowest BCUT2D eigenvalue weighted by Crippen LogP contribution is -2.14. The van der Waals surface area contributed by atoms with Crippen molar-refractivity contribution in [2.45, 2.75) is 57.8 Å². The fourth-order valence-electron chi connectivity index (χ4n) is 11.7. The van der Waals surface area contributed by atoms with E-state index < -0.39 is 59.0 Å². The number of methoxy groups -OCH3 is 1.